The summed E-state index contributed by atoms with van der Waals surface area (Å²) in [5, 5.41) is 2.18. The van der Waals surface area contributed by atoms with Gasteiger partial charge in [0, 0.05) is 25.5 Å². The highest BCUT2D eigenvalue weighted by atomic mass is 19.2. The van der Waals surface area contributed by atoms with Crippen LogP contribution in [0, 0.1) is 17.5 Å². The van der Waals surface area contributed by atoms with Gasteiger partial charge in [-0.1, -0.05) is 13.8 Å². The van der Waals surface area contributed by atoms with Crippen molar-refractivity contribution < 1.29 is 18.0 Å². The van der Waals surface area contributed by atoms with Crippen LogP contribution in [0.4, 0.5) is 24.8 Å². The Morgan fingerprint density at radius 2 is 1.64 bits per heavy atom. The van der Waals surface area contributed by atoms with Crippen molar-refractivity contribution in [2.75, 3.05) is 23.3 Å². The van der Waals surface area contributed by atoms with Crippen molar-refractivity contribution in [3.8, 4) is 0 Å². The number of carbonyl (C=O) groups is 1. The number of hydrogen-bond acceptors (Lipinski definition) is 4. The lowest BCUT2D eigenvalue weighted by Gasteiger charge is -2.21. The standard InChI is InChI=1S/C17H19F3N4O/c1-3-7-24(8-4-2)17-21-9-11(10-22-17)16(25)23-13-6-5-12(18)14(19)15(13)20/h5-6,9-10H,3-4,7-8H2,1-2H3,(H,23,25). The summed E-state index contributed by atoms with van der Waals surface area (Å²) < 4.78 is 39.7. The van der Waals surface area contributed by atoms with E-state index in [0.717, 1.165) is 38.1 Å². The van der Waals surface area contributed by atoms with Gasteiger partial charge in [0.15, 0.2) is 17.5 Å². The number of hydrogen-bond donors (Lipinski definition) is 1. The molecule has 1 aromatic carbocycles. The molecule has 134 valence electrons. The SMILES string of the molecule is CCCN(CCC)c1ncc(C(=O)Nc2ccc(F)c(F)c2F)cn1. The molecule has 0 fully saturated rings. The number of nitrogens with zero attached hydrogens (tertiary/aromatic N) is 3. The van der Waals surface area contributed by atoms with E-state index in [1.807, 2.05) is 18.7 Å². The second-order valence-electron chi connectivity index (χ2n) is 5.44. The van der Waals surface area contributed by atoms with Crippen LogP contribution in [0.1, 0.15) is 37.0 Å². The highest BCUT2D eigenvalue weighted by Gasteiger charge is 2.17. The first-order chi connectivity index (χ1) is 12.0. The Morgan fingerprint density at radius 3 is 2.20 bits per heavy atom. The Kier molecular flexibility index (Phi) is 6.32. The highest BCUT2D eigenvalue weighted by molar-refractivity contribution is 6.03. The topological polar surface area (TPSA) is 58.1 Å². The zero-order valence-corrected chi connectivity index (χ0v) is 14.0. The number of aromatic nitrogens is 2. The molecule has 25 heavy (non-hydrogen) atoms. The van der Waals surface area contributed by atoms with Gasteiger partial charge >= 0.3 is 0 Å². The molecule has 1 aromatic heterocycles. The first-order valence-corrected chi connectivity index (χ1v) is 7.99. The number of rotatable bonds is 7. The number of anilines is 2. The number of nitrogens with one attached hydrogen (secondary N) is 1. The van der Waals surface area contributed by atoms with E-state index in [9.17, 15) is 18.0 Å². The third kappa shape index (κ3) is 4.46. The van der Waals surface area contributed by atoms with Crippen LogP contribution in [-0.4, -0.2) is 29.0 Å². The van der Waals surface area contributed by atoms with Crippen LogP contribution in [0.15, 0.2) is 24.5 Å². The molecule has 1 amide bonds. The molecule has 1 heterocycles. The summed E-state index contributed by atoms with van der Waals surface area (Å²) >= 11 is 0. The number of carbonyl (C=O) groups excluding carboxylic acids is 1. The molecule has 0 aliphatic rings. The van der Waals surface area contributed by atoms with Gasteiger partial charge in [0.05, 0.1) is 11.3 Å². The van der Waals surface area contributed by atoms with Crippen LogP contribution in [-0.2, 0) is 0 Å². The molecule has 0 spiro atoms. The summed E-state index contributed by atoms with van der Waals surface area (Å²) in [7, 11) is 0. The van der Waals surface area contributed by atoms with Crippen molar-refractivity contribution in [2.24, 2.45) is 0 Å². The maximum Gasteiger partial charge on any atom is 0.258 e. The Labute approximate surface area is 143 Å². The van der Waals surface area contributed by atoms with Crippen molar-refractivity contribution in [3.63, 3.8) is 0 Å². The van der Waals surface area contributed by atoms with E-state index in [0.29, 0.717) is 5.95 Å². The van der Waals surface area contributed by atoms with Crippen LogP contribution >= 0.6 is 0 Å². The maximum absolute atomic E-state index is 13.6. The molecule has 8 heteroatoms. The summed E-state index contributed by atoms with van der Waals surface area (Å²) in [5.74, 6) is -4.63. The van der Waals surface area contributed by atoms with Crippen LogP contribution in [0.3, 0.4) is 0 Å². The average Bonchev–Trinajstić information content (AvgIpc) is 2.62. The molecular formula is C17H19F3N4O. The van der Waals surface area contributed by atoms with Gasteiger partial charge in [-0.15, -0.1) is 0 Å². The fourth-order valence-electron chi connectivity index (χ4n) is 2.27. The largest absolute Gasteiger partial charge is 0.341 e. The molecule has 5 nitrogen and oxygen atoms in total. The lowest BCUT2D eigenvalue weighted by molar-refractivity contribution is 0.102. The summed E-state index contributed by atoms with van der Waals surface area (Å²) in [6.45, 7) is 5.67. The molecule has 0 bridgehead atoms. The second kappa shape index (κ2) is 8.46. The quantitative estimate of drug-likeness (QED) is 0.771. The van der Waals surface area contributed by atoms with Crippen molar-refractivity contribution >= 4 is 17.5 Å². The minimum absolute atomic E-state index is 0.0841. The van der Waals surface area contributed by atoms with E-state index in [4.69, 9.17) is 0 Å². The van der Waals surface area contributed by atoms with Gasteiger partial charge in [0.1, 0.15) is 0 Å². The fourth-order valence-corrected chi connectivity index (χ4v) is 2.27. The molecule has 0 saturated carbocycles. The van der Waals surface area contributed by atoms with Gasteiger partial charge in [0.25, 0.3) is 5.91 Å². The van der Waals surface area contributed by atoms with Crippen LogP contribution in [0.25, 0.3) is 0 Å². The van der Waals surface area contributed by atoms with Gasteiger partial charge in [-0.2, -0.15) is 0 Å². The Balaban J connectivity index is 2.14. The summed E-state index contributed by atoms with van der Waals surface area (Å²) in [6.07, 6.45) is 4.49. The van der Waals surface area contributed by atoms with Gasteiger partial charge < -0.3 is 10.2 Å². The van der Waals surface area contributed by atoms with Crippen LogP contribution in [0.2, 0.25) is 0 Å². The first-order valence-electron chi connectivity index (χ1n) is 7.99. The van der Waals surface area contributed by atoms with Crippen molar-refractivity contribution in [1.29, 1.82) is 0 Å². The zero-order valence-electron chi connectivity index (χ0n) is 14.0. The third-order valence-corrected chi connectivity index (χ3v) is 3.45. The first kappa shape index (κ1) is 18.7. The monoisotopic (exact) mass is 352 g/mol. The Morgan fingerprint density at radius 1 is 1.04 bits per heavy atom. The van der Waals surface area contributed by atoms with Gasteiger partial charge in [-0.3, -0.25) is 4.79 Å². The molecule has 0 radical (unpaired) electrons. The molecule has 0 saturated heterocycles. The fraction of sp³-hybridized carbons (Fsp3) is 0.353. The number of benzene rings is 1. The summed E-state index contributed by atoms with van der Waals surface area (Å²) in [6, 6.07) is 1.69. The predicted octanol–water partition coefficient (Wildman–Crippen LogP) is 3.77. The van der Waals surface area contributed by atoms with E-state index in [1.54, 1.807) is 0 Å². The number of halogens is 3. The van der Waals surface area contributed by atoms with Crippen LogP contribution in [0.5, 0.6) is 0 Å². The molecule has 2 rings (SSSR count). The highest BCUT2D eigenvalue weighted by Crippen LogP contribution is 2.20. The summed E-state index contributed by atoms with van der Waals surface area (Å²) in [5.41, 5.74) is -0.368. The second-order valence-corrected chi connectivity index (χ2v) is 5.44. The van der Waals surface area contributed by atoms with Crippen molar-refractivity contribution in [2.45, 2.75) is 26.7 Å². The van der Waals surface area contributed by atoms with Gasteiger partial charge in [0.2, 0.25) is 5.95 Å². The maximum atomic E-state index is 13.6. The third-order valence-electron chi connectivity index (χ3n) is 3.45. The number of amides is 1. The van der Waals surface area contributed by atoms with E-state index < -0.39 is 29.0 Å². The zero-order chi connectivity index (χ0) is 18.4. The van der Waals surface area contributed by atoms with Crippen molar-refractivity contribution in [3.05, 3.63) is 47.5 Å². The summed E-state index contributed by atoms with van der Waals surface area (Å²) in [4.78, 5) is 22.4. The van der Waals surface area contributed by atoms with Crippen LogP contribution < -0.4 is 10.2 Å². The Hall–Kier alpha value is -2.64. The van der Waals surface area contributed by atoms with E-state index >= 15 is 0 Å². The predicted molar refractivity (Wildman–Crippen MR) is 89.1 cm³/mol. The van der Waals surface area contributed by atoms with Gasteiger partial charge in [-0.05, 0) is 25.0 Å². The molecule has 1 N–H and O–H groups in total. The molecular weight excluding hydrogens is 333 g/mol. The minimum Gasteiger partial charge on any atom is -0.341 e. The molecule has 0 unspecified atom stereocenters. The molecule has 2 aromatic rings. The minimum atomic E-state index is -1.64. The normalized spacial score (nSPS) is 10.6. The van der Waals surface area contributed by atoms with Gasteiger partial charge in [-0.25, -0.2) is 23.1 Å². The molecule has 0 aliphatic carbocycles. The lowest BCUT2D eigenvalue weighted by atomic mass is 10.2. The molecule has 0 atom stereocenters. The smallest absolute Gasteiger partial charge is 0.258 e. The van der Waals surface area contributed by atoms with E-state index in [2.05, 4.69) is 15.3 Å². The molecule has 0 aliphatic heterocycles. The van der Waals surface area contributed by atoms with E-state index in [-0.39, 0.29) is 5.56 Å². The average molecular weight is 352 g/mol. The van der Waals surface area contributed by atoms with Crippen molar-refractivity contribution in [1.82, 2.24) is 9.97 Å². The lowest BCUT2D eigenvalue weighted by Crippen LogP contribution is -2.27. The Bertz CT molecular complexity index is 731. The van der Waals surface area contributed by atoms with E-state index in [1.165, 1.54) is 12.4 Å².